The molecule has 0 saturated heterocycles. The van der Waals surface area contributed by atoms with Gasteiger partial charge in [0.15, 0.2) is 0 Å². The van der Waals surface area contributed by atoms with Gasteiger partial charge < -0.3 is 4.42 Å². The molecule has 5 rings (SSSR count). The molecular weight excluding hydrogens is 402 g/mol. The Bertz CT molecular complexity index is 1670. The largest absolute Gasteiger partial charge is 0.455 e. The average molecular weight is 439 g/mol. The first-order chi connectivity index (χ1) is 17.7. The molecule has 0 aliphatic carbocycles. The Morgan fingerprint density at radius 2 is 1.67 bits per heavy atom. The van der Waals surface area contributed by atoms with E-state index in [0.717, 1.165) is 21.9 Å². The molecular formula is C31H31NO. The monoisotopic (exact) mass is 438 g/mol. The predicted molar refractivity (Wildman–Crippen MR) is 140 cm³/mol. The lowest BCUT2D eigenvalue weighted by atomic mass is 9.86. The molecule has 0 atom stereocenters. The molecule has 33 heavy (non-hydrogen) atoms. The molecule has 0 saturated carbocycles. The van der Waals surface area contributed by atoms with Crippen molar-refractivity contribution in [2.24, 2.45) is 5.41 Å². The highest BCUT2D eigenvalue weighted by Gasteiger charge is 2.17. The summed E-state index contributed by atoms with van der Waals surface area (Å²) in [5.41, 5.74) is 6.42. The third-order valence-electron chi connectivity index (χ3n) is 5.96. The Balaban J connectivity index is 1.73. The number of pyridine rings is 1. The Kier molecular flexibility index (Phi) is 3.88. The van der Waals surface area contributed by atoms with E-state index in [1.165, 1.54) is 22.9 Å². The lowest BCUT2D eigenvalue weighted by Gasteiger charge is -2.20. The first-order valence-electron chi connectivity index (χ1n) is 13.7. The second-order valence-electron chi connectivity index (χ2n) is 9.75. The molecule has 0 unspecified atom stereocenters. The minimum absolute atomic E-state index is 0.0730. The third-order valence-corrected chi connectivity index (χ3v) is 5.96. The lowest BCUT2D eigenvalue weighted by Crippen LogP contribution is -2.10. The van der Waals surface area contributed by atoms with Crippen LogP contribution in [0.5, 0.6) is 0 Å². The van der Waals surface area contributed by atoms with E-state index in [9.17, 15) is 0 Å². The van der Waals surface area contributed by atoms with Crippen LogP contribution in [0.1, 0.15) is 49.9 Å². The van der Waals surface area contributed by atoms with Crippen molar-refractivity contribution in [1.82, 2.24) is 4.98 Å². The topological polar surface area (TPSA) is 26.0 Å². The highest BCUT2D eigenvalue weighted by atomic mass is 16.3. The van der Waals surface area contributed by atoms with Gasteiger partial charge in [0.1, 0.15) is 11.2 Å². The van der Waals surface area contributed by atoms with E-state index in [1.807, 2.05) is 18.2 Å². The second kappa shape index (κ2) is 7.88. The molecule has 5 aromatic rings. The maximum absolute atomic E-state index is 8.85. The summed E-state index contributed by atoms with van der Waals surface area (Å²) in [7, 11) is 0. The molecule has 0 fully saturated rings. The van der Waals surface area contributed by atoms with E-state index >= 15 is 0 Å². The van der Waals surface area contributed by atoms with Crippen LogP contribution < -0.4 is 0 Å². The molecule has 2 heteroatoms. The first kappa shape index (κ1) is 16.3. The van der Waals surface area contributed by atoms with Crippen molar-refractivity contribution >= 4 is 21.9 Å². The number of hydrogen-bond acceptors (Lipinski definition) is 2. The summed E-state index contributed by atoms with van der Waals surface area (Å²) in [5, 5.41) is 1.90. The van der Waals surface area contributed by atoms with Crippen LogP contribution in [0.3, 0.4) is 0 Å². The molecule has 0 aliphatic heterocycles. The number of furan rings is 1. The van der Waals surface area contributed by atoms with Crippen LogP contribution in [0.2, 0.25) is 0 Å². The molecule has 3 aromatic carbocycles. The first-order valence-corrected chi connectivity index (χ1v) is 11.2. The van der Waals surface area contributed by atoms with E-state index in [4.69, 9.17) is 11.3 Å². The van der Waals surface area contributed by atoms with Crippen LogP contribution in [0, 0.1) is 26.1 Å². The molecule has 2 nitrogen and oxygen atoms in total. The Morgan fingerprint density at radius 3 is 2.39 bits per heavy atom. The van der Waals surface area contributed by atoms with E-state index in [0.29, 0.717) is 16.8 Å². The van der Waals surface area contributed by atoms with Gasteiger partial charge in [0.25, 0.3) is 0 Å². The zero-order chi connectivity index (χ0) is 27.6. The summed E-state index contributed by atoms with van der Waals surface area (Å²) >= 11 is 0. The van der Waals surface area contributed by atoms with Gasteiger partial charge in [0, 0.05) is 29.4 Å². The van der Waals surface area contributed by atoms with Gasteiger partial charge in [-0.05, 0) is 90.1 Å². The molecule has 2 aromatic heterocycles. The smallest absolute Gasteiger partial charge is 0.144 e. The Morgan fingerprint density at radius 1 is 0.909 bits per heavy atom. The van der Waals surface area contributed by atoms with Crippen molar-refractivity contribution in [3.8, 4) is 22.4 Å². The summed E-state index contributed by atoms with van der Waals surface area (Å²) in [6, 6.07) is 19.9. The molecule has 0 amide bonds. The number of fused-ring (bicyclic) bond motifs is 3. The van der Waals surface area contributed by atoms with E-state index in [2.05, 4.69) is 55.2 Å². The molecule has 0 aliphatic rings. The lowest BCUT2D eigenvalue weighted by molar-refractivity contribution is 0.410. The second-order valence-corrected chi connectivity index (χ2v) is 9.75. The Hall–Kier alpha value is -3.39. The van der Waals surface area contributed by atoms with Crippen molar-refractivity contribution in [1.29, 1.82) is 0 Å². The summed E-state index contributed by atoms with van der Waals surface area (Å²) in [6.45, 7) is 7.02. The summed E-state index contributed by atoms with van der Waals surface area (Å²) in [4.78, 5) is 4.49. The number of nitrogens with zero attached hydrogens (tertiary/aromatic N) is 1. The fourth-order valence-corrected chi connectivity index (χ4v) is 4.54. The maximum Gasteiger partial charge on any atom is 0.144 e. The highest BCUT2D eigenvalue weighted by Crippen LogP contribution is 2.38. The summed E-state index contributed by atoms with van der Waals surface area (Å²) in [5.74, 6) is 0. The van der Waals surface area contributed by atoms with E-state index in [1.54, 1.807) is 26.8 Å². The standard InChI is InChI=1S/C31H31NO/c1-19-9-7-10-20(2)29(19)22-13-14-24-25-11-8-12-26(30(25)33-28(24)16-22)27-15-23(17-31(4,5)6)21(3)18-32-27/h7-16,18H,17H2,1-6H3/i3D3,17D2. The van der Waals surface area contributed by atoms with Crippen molar-refractivity contribution in [3.63, 3.8) is 0 Å². The van der Waals surface area contributed by atoms with Crippen LogP contribution in [-0.2, 0) is 6.37 Å². The molecule has 0 spiro atoms. The van der Waals surface area contributed by atoms with Crippen molar-refractivity contribution < 1.29 is 11.3 Å². The van der Waals surface area contributed by atoms with Crippen LogP contribution in [-0.4, -0.2) is 4.98 Å². The van der Waals surface area contributed by atoms with Crippen LogP contribution in [0.15, 0.2) is 71.3 Å². The zero-order valence-corrected chi connectivity index (χ0v) is 19.7. The van der Waals surface area contributed by atoms with E-state index < -0.39 is 18.6 Å². The number of benzene rings is 3. The summed E-state index contributed by atoms with van der Waals surface area (Å²) in [6.07, 6.45) is -0.613. The normalized spacial score (nSPS) is 15.1. The van der Waals surface area contributed by atoms with Gasteiger partial charge >= 0.3 is 0 Å². The molecule has 0 radical (unpaired) electrons. The van der Waals surface area contributed by atoms with Gasteiger partial charge in [0.05, 0.1) is 5.69 Å². The minimum Gasteiger partial charge on any atom is -0.455 e. The number of para-hydroxylation sites is 1. The highest BCUT2D eigenvalue weighted by molar-refractivity contribution is 6.10. The van der Waals surface area contributed by atoms with Crippen molar-refractivity contribution in [2.75, 3.05) is 0 Å². The number of aromatic nitrogens is 1. The minimum atomic E-state index is -2.49. The van der Waals surface area contributed by atoms with Gasteiger partial charge in [-0.15, -0.1) is 0 Å². The van der Waals surface area contributed by atoms with Crippen molar-refractivity contribution in [2.45, 2.75) is 47.8 Å². The fraction of sp³-hybridized carbons (Fsp3) is 0.258. The SMILES string of the molecule is [2H]C([2H])([2H])c1cnc(-c2cccc3c2oc2cc(-c4c(C)cccc4C)ccc23)cc1C([2H])([2H])C(C)(C)C. The molecule has 166 valence electrons. The molecule has 0 bridgehead atoms. The Labute approximate surface area is 203 Å². The quantitative estimate of drug-likeness (QED) is 0.281. The zero-order valence-electron chi connectivity index (χ0n) is 24.7. The van der Waals surface area contributed by atoms with E-state index in [-0.39, 0.29) is 11.1 Å². The molecule has 2 heterocycles. The van der Waals surface area contributed by atoms with Gasteiger partial charge in [-0.25, -0.2) is 0 Å². The number of hydrogen-bond donors (Lipinski definition) is 0. The van der Waals surface area contributed by atoms with Gasteiger partial charge in [-0.2, -0.15) is 0 Å². The predicted octanol–water partition coefficient (Wildman–Crippen LogP) is 8.83. The van der Waals surface area contributed by atoms with Crippen LogP contribution in [0.25, 0.3) is 44.3 Å². The third kappa shape index (κ3) is 3.95. The van der Waals surface area contributed by atoms with Gasteiger partial charge in [-0.3, -0.25) is 4.98 Å². The van der Waals surface area contributed by atoms with Gasteiger partial charge in [0.2, 0.25) is 0 Å². The fourth-order valence-electron chi connectivity index (χ4n) is 4.54. The van der Waals surface area contributed by atoms with Crippen LogP contribution in [0.4, 0.5) is 0 Å². The van der Waals surface area contributed by atoms with Crippen LogP contribution >= 0.6 is 0 Å². The van der Waals surface area contributed by atoms with Gasteiger partial charge in [-0.1, -0.05) is 57.2 Å². The number of aryl methyl sites for hydroxylation is 3. The summed E-state index contributed by atoms with van der Waals surface area (Å²) < 4.78 is 48.2. The maximum atomic E-state index is 8.85. The number of rotatable bonds is 3. The molecule has 0 N–H and O–H groups in total. The van der Waals surface area contributed by atoms with Crippen molar-refractivity contribution in [3.05, 3.63) is 89.1 Å². The average Bonchev–Trinajstić information content (AvgIpc) is 3.20.